The first-order valence-corrected chi connectivity index (χ1v) is 5.35. The van der Waals surface area contributed by atoms with Crippen molar-refractivity contribution in [2.24, 2.45) is 0 Å². The van der Waals surface area contributed by atoms with Crippen molar-refractivity contribution in [1.82, 2.24) is 5.32 Å². The molecule has 9 heteroatoms. The van der Waals surface area contributed by atoms with Crippen LogP contribution in [-0.4, -0.2) is 35.0 Å². The predicted molar refractivity (Wildman–Crippen MR) is 66.9 cm³/mol. The number of carboxylic acids is 1. The predicted octanol–water partition coefficient (Wildman–Crippen LogP) is 0.0792. The number of rotatable bonds is 6. The lowest BCUT2D eigenvalue weighted by molar-refractivity contribution is -0.384. The van der Waals surface area contributed by atoms with Gasteiger partial charge in [-0.1, -0.05) is 6.07 Å². The summed E-state index contributed by atoms with van der Waals surface area (Å²) in [5.74, 6) is -1.83. The lowest BCUT2D eigenvalue weighted by Crippen LogP contribution is -2.33. The maximum atomic E-state index is 11.3. The monoisotopic (exact) mass is 278 g/mol. The zero-order valence-corrected chi connectivity index (χ0v) is 10.1. The summed E-state index contributed by atoms with van der Waals surface area (Å²) < 4.78 is 0. The van der Waals surface area contributed by atoms with Gasteiger partial charge in [-0.15, -0.1) is 0 Å². The third kappa shape index (κ3) is 3.95. The summed E-state index contributed by atoms with van der Waals surface area (Å²) in [6.07, 6.45) is 0. The first-order chi connectivity index (χ1) is 9.45. The van der Waals surface area contributed by atoms with Gasteiger partial charge in [0.2, 0.25) is 5.91 Å². The van der Waals surface area contributed by atoms with Crippen LogP contribution in [0.3, 0.4) is 0 Å². The van der Waals surface area contributed by atoms with Crippen LogP contribution in [0.5, 0.6) is 0 Å². The molecule has 20 heavy (non-hydrogen) atoms. The molecule has 0 saturated carbocycles. The number of anilines is 1. The molecule has 9 nitrogen and oxygen atoms in total. The van der Waals surface area contributed by atoms with Crippen LogP contribution < -0.4 is 10.6 Å². The zero-order chi connectivity index (χ0) is 15.1. The molecule has 0 aromatic heterocycles. The highest BCUT2D eigenvalue weighted by molar-refractivity contribution is 5.85. The number of nitrogens with one attached hydrogen (secondary N) is 2. The number of hydrogen-bond donors (Lipinski definition) is 3. The van der Waals surface area contributed by atoms with Crippen molar-refractivity contribution in [3.8, 4) is 6.07 Å². The molecule has 3 N–H and O–H groups in total. The maximum Gasteiger partial charge on any atom is 0.322 e. The number of carbonyl (C=O) groups is 2. The van der Waals surface area contributed by atoms with Gasteiger partial charge in [-0.2, -0.15) is 5.26 Å². The summed E-state index contributed by atoms with van der Waals surface area (Å²) in [4.78, 5) is 31.7. The van der Waals surface area contributed by atoms with Crippen LogP contribution in [0.25, 0.3) is 0 Å². The van der Waals surface area contributed by atoms with Gasteiger partial charge in [0.15, 0.2) is 0 Å². The standard InChI is InChI=1S/C11H10N4O5/c12-4-7-2-1-3-8(11(7)15(19)20)13-5-9(16)14-6-10(17)18/h1-3,13H,5-6H2,(H,14,16)(H,17,18). The van der Waals surface area contributed by atoms with E-state index in [0.29, 0.717) is 0 Å². The second kappa shape index (κ2) is 6.69. The largest absolute Gasteiger partial charge is 0.480 e. The normalized spacial score (nSPS) is 9.35. The molecule has 104 valence electrons. The van der Waals surface area contributed by atoms with E-state index in [9.17, 15) is 19.7 Å². The zero-order valence-electron chi connectivity index (χ0n) is 10.1. The van der Waals surface area contributed by atoms with Gasteiger partial charge in [0, 0.05) is 0 Å². The third-order valence-electron chi connectivity index (χ3n) is 2.22. The van der Waals surface area contributed by atoms with Crippen molar-refractivity contribution in [1.29, 1.82) is 5.26 Å². The van der Waals surface area contributed by atoms with Crippen molar-refractivity contribution in [3.05, 3.63) is 33.9 Å². The van der Waals surface area contributed by atoms with Gasteiger partial charge < -0.3 is 15.7 Å². The summed E-state index contributed by atoms with van der Waals surface area (Å²) in [6.45, 7) is -0.885. The highest BCUT2D eigenvalue weighted by atomic mass is 16.6. The Morgan fingerprint density at radius 1 is 1.40 bits per heavy atom. The van der Waals surface area contributed by atoms with Crippen molar-refractivity contribution in [3.63, 3.8) is 0 Å². The SMILES string of the molecule is N#Cc1cccc(NCC(=O)NCC(=O)O)c1[N+](=O)[O-]. The van der Waals surface area contributed by atoms with E-state index in [0.717, 1.165) is 0 Å². The van der Waals surface area contributed by atoms with Gasteiger partial charge in [0.05, 0.1) is 11.5 Å². The summed E-state index contributed by atoms with van der Waals surface area (Å²) in [7, 11) is 0. The van der Waals surface area contributed by atoms with E-state index in [1.807, 2.05) is 0 Å². The van der Waals surface area contributed by atoms with E-state index in [1.165, 1.54) is 18.2 Å². The van der Waals surface area contributed by atoms with Gasteiger partial charge in [-0.3, -0.25) is 19.7 Å². The van der Waals surface area contributed by atoms with Gasteiger partial charge >= 0.3 is 11.7 Å². The molecule has 0 spiro atoms. The molecule has 0 radical (unpaired) electrons. The van der Waals surface area contributed by atoms with Crippen LogP contribution in [0.2, 0.25) is 0 Å². The van der Waals surface area contributed by atoms with E-state index < -0.39 is 29.0 Å². The quantitative estimate of drug-likeness (QED) is 0.493. The number of nitro benzene ring substituents is 1. The third-order valence-corrected chi connectivity index (χ3v) is 2.22. The van der Waals surface area contributed by atoms with Gasteiger partial charge in [0.25, 0.3) is 0 Å². The molecule has 0 aliphatic carbocycles. The molecule has 0 bridgehead atoms. The average molecular weight is 278 g/mol. The number of benzene rings is 1. The number of carbonyl (C=O) groups excluding carboxylic acids is 1. The summed E-state index contributed by atoms with van der Waals surface area (Å²) in [5.41, 5.74) is -0.550. The van der Waals surface area contributed by atoms with Gasteiger partial charge in [-0.25, -0.2) is 0 Å². The summed E-state index contributed by atoms with van der Waals surface area (Å²) in [6, 6.07) is 5.75. The molecule has 0 aliphatic heterocycles. The summed E-state index contributed by atoms with van der Waals surface area (Å²) >= 11 is 0. The fraction of sp³-hybridized carbons (Fsp3) is 0.182. The molecule has 0 fully saturated rings. The molecule has 0 saturated heterocycles. The van der Waals surface area contributed by atoms with Gasteiger partial charge in [-0.05, 0) is 12.1 Å². The Kier molecular flexibility index (Phi) is 4.99. The number of aliphatic carboxylic acids is 1. The minimum absolute atomic E-state index is 0.0134. The summed E-state index contributed by atoms with van der Waals surface area (Å²) in [5, 5.41) is 32.6. The average Bonchev–Trinajstić information content (AvgIpc) is 2.41. The Morgan fingerprint density at radius 2 is 2.10 bits per heavy atom. The van der Waals surface area contributed by atoms with Gasteiger partial charge in [0.1, 0.15) is 23.9 Å². The van der Waals surface area contributed by atoms with Crippen molar-refractivity contribution in [2.75, 3.05) is 18.4 Å². The topological polar surface area (TPSA) is 145 Å². The molecule has 1 aromatic carbocycles. The lowest BCUT2D eigenvalue weighted by Gasteiger charge is -2.07. The first kappa shape index (κ1) is 14.9. The number of nitro groups is 1. The Balaban J connectivity index is 2.78. The molecular formula is C11H10N4O5. The van der Waals surface area contributed by atoms with Crippen molar-refractivity contribution >= 4 is 23.3 Å². The van der Waals surface area contributed by atoms with E-state index >= 15 is 0 Å². The molecular weight excluding hydrogens is 268 g/mol. The highest BCUT2D eigenvalue weighted by Gasteiger charge is 2.19. The van der Waals surface area contributed by atoms with E-state index in [4.69, 9.17) is 10.4 Å². The smallest absolute Gasteiger partial charge is 0.322 e. The fourth-order valence-corrected chi connectivity index (χ4v) is 1.39. The Bertz CT molecular complexity index is 593. The van der Waals surface area contributed by atoms with Crippen molar-refractivity contribution < 1.29 is 19.6 Å². The highest BCUT2D eigenvalue weighted by Crippen LogP contribution is 2.27. The van der Waals surface area contributed by atoms with E-state index in [1.54, 1.807) is 6.07 Å². The van der Waals surface area contributed by atoms with Crippen molar-refractivity contribution in [2.45, 2.75) is 0 Å². The molecule has 0 aliphatic rings. The number of amides is 1. The lowest BCUT2D eigenvalue weighted by atomic mass is 10.1. The number of para-hydroxylation sites is 1. The van der Waals surface area contributed by atoms with E-state index in [-0.39, 0.29) is 17.8 Å². The fourth-order valence-electron chi connectivity index (χ4n) is 1.39. The first-order valence-electron chi connectivity index (χ1n) is 5.35. The minimum Gasteiger partial charge on any atom is -0.480 e. The van der Waals surface area contributed by atoms with Crippen LogP contribution in [0.1, 0.15) is 5.56 Å². The number of carboxylic acid groups (broad SMARTS) is 1. The molecule has 0 atom stereocenters. The Morgan fingerprint density at radius 3 is 2.65 bits per heavy atom. The molecule has 1 rings (SSSR count). The second-order valence-electron chi connectivity index (χ2n) is 3.59. The van der Waals surface area contributed by atoms with Crippen LogP contribution in [0.4, 0.5) is 11.4 Å². The van der Waals surface area contributed by atoms with E-state index in [2.05, 4.69) is 10.6 Å². The minimum atomic E-state index is -1.20. The number of nitrogens with zero attached hydrogens (tertiary/aromatic N) is 2. The molecule has 0 unspecified atom stereocenters. The molecule has 1 amide bonds. The second-order valence-corrected chi connectivity index (χ2v) is 3.59. The van der Waals surface area contributed by atoms with Crippen LogP contribution in [0, 0.1) is 21.4 Å². The molecule has 0 heterocycles. The Hall–Kier alpha value is -3.15. The van der Waals surface area contributed by atoms with Crippen LogP contribution in [-0.2, 0) is 9.59 Å². The molecule has 1 aromatic rings. The number of nitriles is 1. The van der Waals surface area contributed by atoms with Crippen LogP contribution in [0.15, 0.2) is 18.2 Å². The van der Waals surface area contributed by atoms with Crippen LogP contribution >= 0.6 is 0 Å². The Labute approximate surface area is 113 Å². The number of hydrogen-bond acceptors (Lipinski definition) is 6. The maximum absolute atomic E-state index is 11.3.